The molecular weight excluding hydrogens is 316 g/mol. The highest BCUT2D eigenvalue weighted by molar-refractivity contribution is 6.74. The van der Waals surface area contributed by atoms with Crippen molar-refractivity contribution in [2.45, 2.75) is 110 Å². The van der Waals surface area contributed by atoms with Crippen LogP contribution in [0, 0.1) is 16.7 Å². The standard InChI is InChI=1S/C20H40O3Si/c1-17(2,3)24(8,9)23-15-11-13-20(7,22)16-18(4,5)14(21)10-12-19(15,16)6/h14-16,21-22H,10-13H2,1-9H3/t14-,15-,16-,19+,20+/m0/s1. The molecule has 0 heterocycles. The van der Waals surface area contributed by atoms with Gasteiger partial charge in [0, 0.05) is 5.92 Å². The number of hydrogen-bond acceptors (Lipinski definition) is 3. The second-order valence-corrected chi connectivity index (χ2v) is 15.8. The molecule has 2 aliphatic carbocycles. The Balaban J connectivity index is 2.41. The van der Waals surface area contributed by atoms with E-state index in [9.17, 15) is 10.2 Å². The van der Waals surface area contributed by atoms with E-state index < -0.39 is 13.9 Å². The molecule has 0 radical (unpaired) electrons. The first-order valence-corrected chi connectivity index (χ1v) is 12.5. The Morgan fingerprint density at radius 1 is 1.00 bits per heavy atom. The van der Waals surface area contributed by atoms with Gasteiger partial charge < -0.3 is 14.6 Å². The summed E-state index contributed by atoms with van der Waals surface area (Å²) in [7, 11) is -1.87. The smallest absolute Gasteiger partial charge is 0.192 e. The van der Waals surface area contributed by atoms with Gasteiger partial charge in [-0.1, -0.05) is 41.5 Å². The Kier molecular flexibility index (Phi) is 4.93. The van der Waals surface area contributed by atoms with Gasteiger partial charge in [0.05, 0.1) is 17.8 Å². The van der Waals surface area contributed by atoms with E-state index in [1.165, 1.54) is 0 Å². The molecule has 2 saturated carbocycles. The summed E-state index contributed by atoms with van der Waals surface area (Å²) in [5, 5.41) is 22.0. The van der Waals surface area contributed by atoms with Crippen LogP contribution in [0.5, 0.6) is 0 Å². The quantitative estimate of drug-likeness (QED) is 0.704. The molecule has 0 amide bonds. The number of fused-ring (bicyclic) bond motifs is 1. The Bertz CT molecular complexity index is 478. The Morgan fingerprint density at radius 2 is 1.54 bits per heavy atom. The molecule has 142 valence electrons. The van der Waals surface area contributed by atoms with Crippen LogP contribution < -0.4 is 0 Å². The topological polar surface area (TPSA) is 49.7 Å². The van der Waals surface area contributed by atoms with E-state index in [1.54, 1.807) is 0 Å². The van der Waals surface area contributed by atoms with E-state index in [1.807, 2.05) is 6.92 Å². The highest BCUT2D eigenvalue weighted by Crippen LogP contribution is 2.62. The molecule has 3 nitrogen and oxygen atoms in total. The Morgan fingerprint density at radius 3 is 2.04 bits per heavy atom. The fourth-order valence-electron chi connectivity index (χ4n) is 5.49. The van der Waals surface area contributed by atoms with E-state index in [0.717, 1.165) is 25.7 Å². The SMILES string of the molecule is CC1(C)[C@@H](O)CC[C@]2(C)[C@@H](O[Si](C)(C)C(C)(C)C)CC[C@@](C)(O)[C@@H]12. The molecular formula is C20H40O3Si. The van der Waals surface area contributed by atoms with Crippen LogP contribution in [0.3, 0.4) is 0 Å². The lowest BCUT2D eigenvalue weighted by molar-refractivity contribution is -0.230. The minimum atomic E-state index is -1.87. The van der Waals surface area contributed by atoms with Crippen molar-refractivity contribution in [3.63, 3.8) is 0 Å². The van der Waals surface area contributed by atoms with E-state index >= 15 is 0 Å². The summed E-state index contributed by atoms with van der Waals surface area (Å²) in [6, 6.07) is 0. The minimum absolute atomic E-state index is 0.0461. The summed E-state index contributed by atoms with van der Waals surface area (Å²) in [5.74, 6) is 0.0461. The predicted octanol–water partition coefficient (Wildman–Crippen LogP) is 4.73. The van der Waals surface area contributed by atoms with Gasteiger partial charge in [0.1, 0.15) is 0 Å². The molecule has 0 saturated heterocycles. The first-order chi connectivity index (χ1) is 10.6. The molecule has 0 bridgehead atoms. The number of hydrogen-bond donors (Lipinski definition) is 2. The van der Waals surface area contributed by atoms with Gasteiger partial charge >= 0.3 is 0 Å². The van der Waals surface area contributed by atoms with Crippen LogP contribution in [0.1, 0.15) is 74.1 Å². The largest absolute Gasteiger partial charge is 0.413 e. The zero-order chi connectivity index (χ0) is 18.8. The van der Waals surface area contributed by atoms with Crippen molar-refractivity contribution in [1.82, 2.24) is 0 Å². The van der Waals surface area contributed by atoms with Crippen molar-refractivity contribution in [3.8, 4) is 0 Å². The molecule has 4 heteroatoms. The van der Waals surface area contributed by atoms with Crippen molar-refractivity contribution in [3.05, 3.63) is 0 Å². The van der Waals surface area contributed by atoms with Crippen LogP contribution in [-0.2, 0) is 4.43 Å². The lowest BCUT2D eigenvalue weighted by Gasteiger charge is -2.64. The van der Waals surface area contributed by atoms with Crippen molar-refractivity contribution >= 4 is 8.32 Å². The predicted molar refractivity (Wildman–Crippen MR) is 103 cm³/mol. The first kappa shape index (κ1) is 20.4. The molecule has 2 N–H and O–H groups in total. The molecule has 0 aromatic rings. The summed E-state index contributed by atoms with van der Waals surface area (Å²) in [5.41, 5.74) is -1.13. The zero-order valence-corrected chi connectivity index (χ0v) is 18.4. The molecule has 2 aliphatic rings. The van der Waals surface area contributed by atoms with Crippen LogP contribution in [0.25, 0.3) is 0 Å². The van der Waals surface area contributed by atoms with Crippen molar-refractivity contribution in [2.75, 3.05) is 0 Å². The maximum Gasteiger partial charge on any atom is 0.192 e. The van der Waals surface area contributed by atoms with Gasteiger partial charge in [0.2, 0.25) is 0 Å². The molecule has 0 spiro atoms. The number of aliphatic hydroxyl groups is 2. The fourth-order valence-corrected chi connectivity index (χ4v) is 6.94. The third-order valence-electron chi connectivity index (χ3n) is 7.73. The lowest BCUT2D eigenvalue weighted by Crippen LogP contribution is -2.66. The summed E-state index contributed by atoms with van der Waals surface area (Å²) < 4.78 is 6.88. The van der Waals surface area contributed by atoms with Gasteiger partial charge in [-0.2, -0.15) is 0 Å². The van der Waals surface area contributed by atoms with Gasteiger partial charge in [0.15, 0.2) is 8.32 Å². The third kappa shape index (κ3) is 3.13. The highest BCUT2D eigenvalue weighted by atomic mass is 28.4. The molecule has 24 heavy (non-hydrogen) atoms. The first-order valence-electron chi connectivity index (χ1n) is 9.64. The number of rotatable bonds is 2. The monoisotopic (exact) mass is 356 g/mol. The summed E-state index contributed by atoms with van der Waals surface area (Å²) in [6.45, 7) is 20.0. The molecule has 0 unspecified atom stereocenters. The summed E-state index contributed by atoms with van der Waals surface area (Å²) in [4.78, 5) is 0. The highest BCUT2D eigenvalue weighted by Gasteiger charge is 2.63. The lowest BCUT2D eigenvalue weighted by atomic mass is 9.46. The molecule has 5 atom stereocenters. The maximum atomic E-state index is 11.2. The fraction of sp³-hybridized carbons (Fsp3) is 1.00. The Labute approximate surface area is 150 Å². The van der Waals surface area contributed by atoms with Crippen molar-refractivity contribution < 1.29 is 14.6 Å². The van der Waals surface area contributed by atoms with E-state index in [-0.39, 0.29) is 34.0 Å². The van der Waals surface area contributed by atoms with Gasteiger partial charge in [0.25, 0.3) is 0 Å². The van der Waals surface area contributed by atoms with Crippen molar-refractivity contribution in [1.29, 1.82) is 0 Å². The third-order valence-corrected chi connectivity index (χ3v) is 12.2. The van der Waals surface area contributed by atoms with Gasteiger partial charge in [-0.25, -0.2) is 0 Å². The van der Waals surface area contributed by atoms with Gasteiger partial charge in [-0.3, -0.25) is 0 Å². The van der Waals surface area contributed by atoms with Crippen LogP contribution in [0.4, 0.5) is 0 Å². The van der Waals surface area contributed by atoms with Gasteiger partial charge in [-0.05, 0) is 61.6 Å². The second kappa shape index (κ2) is 5.80. The van der Waals surface area contributed by atoms with Crippen molar-refractivity contribution in [2.24, 2.45) is 16.7 Å². The molecule has 2 rings (SSSR count). The van der Waals surface area contributed by atoms with E-state index in [0.29, 0.717) is 0 Å². The van der Waals surface area contributed by atoms with E-state index in [2.05, 4.69) is 54.6 Å². The zero-order valence-electron chi connectivity index (χ0n) is 17.4. The molecule has 0 aliphatic heterocycles. The second-order valence-electron chi connectivity index (χ2n) is 11.1. The normalized spacial score (nSPS) is 43.4. The molecule has 0 aromatic carbocycles. The average molecular weight is 357 g/mol. The van der Waals surface area contributed by atoms with Crippen LogP contribution in [-0.4, -0.2) is 36.3 Å². The molecule has 0 aromatic heterocycles. The van der Waals surface area contributed by atoms with Crippen LogP contribution in [0.15, 0.2) is 0 Å². The Hall–Kier alpha value is 0.0969. The molecule has 2 fully saturated rings. The van der Waals surface area contributed by atoms with Crippen LogP contribution >= 0.6 is 0 Å². The maximum absolute atomic E-state index is 11.2. The van der Waals surface area contributed by atoms with Gasteiger partial charge in [-0.15, -0.1) is 0 Å². The number of aliphatic hydroxyl groups excluding tert-OH is 1. The summed E-state index contributed by atoms with van der Waals surface area (Å²) >= 11 is 0. The summed E-state index contributed by atoms with van der Waals surface area (Å²) in [6.07, 6.45) is 3.22. The van der Waals surface area contributed by atoms with Crippen LogP contribution in [0.2, 0.25) is 18.1 Å². The minimum Gasteiger partial charge on any atom is -0.413 e. The van der Waals surface area contributed by atoms with E-state index in [4.69, 9.17) is 4.43 Å². The average Bonchev–Trinajstić information content (AvgIpc) is 2.36.